The number of hydrogen-bond acceptors (Lipinski definition) is 0. The van der Waals surface area contributed by atoms with E-state index in [-0.39, 0.29) is 0 Å². The van der Waals surface area contributed by atoms with E-state index in [9.17, 15) is 0 Å². The molecule has 0 heteroatoms. The summed E-state index contributed by atoms with van der Waals surface area (Å²) in [6.45, 7) is 7.47. The van der Waals surface area contributed by atoms with Gasteiger partial charge in [-0.25, -0.2) is 0 Å². The largest absolute Gasteiger partial charge is 0.0591 e. The van der Waals surface area contributed by atoms with Gasteiger partial charge in [-0.3, -0.25) is 0 Å². The molecule has 0 N–H and O–H groups in total. The predicted octanol–water partition coefficient (Wildman–Crippen LogP) is 2.69. The highest BCUT2D eigenvalue weighted by atomic mass is 14.9. The fourth-order valence-electron chi connectivity index (χ4n) is 4.37. The Labute approximate surface area is 63.0 Å². The first-order chi connectivity index (χ1) is 4.60. The predicted molar refractivity (Wildman–Crippen MR) is 41.6 cm³/mol. The molecule has 0 aromatic rings. The normalized spacial score (nSPS) is 66.9. The van der Waals surface area contributed by atoms with Crippen molar-refractivity contribution in [3.63, 3.8) is 0 Å². The van der Waals surface area contributed by atoms with E-state index in [2.05, 4.69) is 20.8 Å². The molecule has 3 aliphatic rings. The van der Waals surface area contributed by atoms with Crippen molar-refractivity contribution in [1.82, 2.24) is 0 Å². The van der Waals surface area contributed by atoms with Crippen LogP contribution in [-0.4, -0.2) is 0 Å². The molecule has 0 nitrogen and oxygen atoms in total. The minimum atomic E-state index is 0.709. The summed E-state index contributed by atoms with van der Waals surface area (Å²) in [4.78, 5) is 0. The lowest BCUT2D eigenvalue weighted by molar-refractivity contribution is -0.0370. The van der Waals surface area contributed by atoms with E-state index in [0.29, 0.717) is 5.41 Å². The maximum absolute atomic E-state index is 2.51. The van der Waals surface area contributed by atoms with Gasteiger partial charge in [0.05, 0.1) is 0 Å². The van der Waals surface area contributed by atoms with Crippen LogP contribution in [0.25, 0.3) is 0 Å². The van der Waals surface area contributed by atoms with Crippen LogP contribution in [0.5, 0.6) is 0 Å². The second-order valence-corrected chi connectivity index (χ2v) is 5.32. The van der Waals surface area contributed by atoms with Gasteiger partial charge in [0, 0.05) is 0 Å². The monoisotopic (exact) mass is 136 g/mol. The van der Waals surface area contributed by atoms with Gasteiger partial charge in [-0.15, -0.1) is 0 Å². The maximum Gasteiger partial charge on any atom is -0.0207 e. The van der Waals surface area contributed by atoms with Crippen LogP contribution in [0.2, 0.25) is 0 Å². The average Bonchev–Trinajstić information content (AvgIpc) is 2.32. The van der Waals surface area contributed by atoms with E-state index >= 15 is 0 Å². The molecule has 56 valence electrons. The molecular weight excluding hydrogens is 120 g/mol. The quantitative estimate of drug-likeness (QED) is 0.480. The maximum atomic E-state index is 2.51. The van der Waals surface area contributed by atoms with Gasteiger partial charge in [-0.05, 0) is 41.4 Å². The Kier molecular flexibility index (Phi) is 0.612. The summed E-state index contributed by atoms with van der Waals surface area (Å²) < 4.78 is 0. The van der Waals surface area contributed by atoms with Gasteiger partial charge in [-0.1, -0.05) is 20.8 Å². The second-order valence-electron chi connectivity index (χ2n) is 5.32. The molecule has 4 atom stereocenters. The smallest absolute Gasteiger partial charge is 0.0207 e. The lowest BCUT2D eigenvalue weighted by Crippen LogP contribution is -2.46. The Bertz CT molecular complexity index is 195. The molecule has 0 saturated heterocycles. The van der Waals surface area contributed by atoms with Crippen LogP contribution in [-0.2, 0) is 0 Å². The third kappa shape index (κ3) is 0.271. The highest BCUT2D eigenvalue weighted by Gasteiger charge is 2.83. The van der Waals surface area contributed by atoms with Gasteiger partial charge in [0.2, 0.25) is 0 Å². The van der Waals surface area contributed by atoms with Crippen LogP contribution in [0.1, 0.15) is 33.6 Å². The van der Waals surface area contributed by atoms with Crippen molar-refractivity contribution in [3.8, 4) is 0 Å². The zero-order valence-corrected chi connectivity index (χ0v) is 7.15. The van der Waals surface area contributed by atoms with Crippen LogP contribution in [0, 0.1) is 28.6 Å². The second kappa shape index (κ2) is 1.09. The lowest BCUT2D eigenvalue weighted by atomic mass is 9.53. The lowest BCUT2D eigenvalue weighted by Gasteiger charge is -2.52. The number of hydrogen-bond donors (Lipinski definition) is 0. The molecular formula is C10H16. The summed E-state index contributed by atoms with van der Waals surface area (Å²) in [6, 6.07) is 0. The van der Waals surface area contributed by atoms with Crippen molar-refractivity contribution in [2.24, 2.45) is 28.6 Å². The Morgan fingerprint density at radius 1 is 1.00 bits per heavy atom. The molecule has 10 heavy (non-hydrogen) atoms. The van der Waals surface area contributed by atoms with Crippen molar-refractivity contribution in [2.75, 3.05) is 0 Å². The van der Waals surface area contributed by atoms with Crippen LogP contribution in [0.3, 0.4) is 0 Å². The third-order valence-corrected chi connectivity index (χ3v) is 5.32. The van der Waals surface area contributed by atoms with Gasteiger partial charge >= 0.3 is 0 Å². The average molecular weight is 136 g/mol. The van der Waals surface area contributed by atoms with Crippen molar-refractivity contribution >= 4 is 0 Å². The Morgan fingerprint density at radius 2 is 1.60 bits per heavy atom. The molecule has 0 bridgehead atoms. The van der Waals surface area contributed by atoms with Crippen molar-refractivity contribution < 1.29 is 0 Å². The van der Waals surface area contributed by atoms with E-state index in [1.54, 1.807) is 6.42 Å². The van der Waals surface area contributed by atoms with Crippen molar-refractivity contribution in [1.29, 1.82) is 0 Å². The topological polar surface area (TPSA) is 0 Å². The summed E-state index contributed by atoms with van der Waals surface area (Å²) in [5, 5.41) is 0. The van der Waals surface area contributed by atoms with E-state index in [0.717, 1.165) is 17.3 Å². The summed E-state index contributed by atoms with van der Waals surface area (Å²) >= 11 is 0. The summed E-state index contributed by atoms with van der Waals surface area (Å²) in [6.07, 6.45) is 3.09. The first-order valence-electron chi connectivity index (χ1n) is 4.60. The zero-order valence-electron chi connectivity index (χ0n) is 7.15. The fourth-order valence-corrected chi connectivity index (χ4v) is 4.37. The van der Waals surface area contributed by atoms with E-state index in [1.165, 1.54) is 12.3 Å². The van der Waals surface area contributed by atoms with Crippen LogP contribution >= 0.6 is 0 Å². The summed E-state index contributed by atoms with van der Waals surface area (Å²) in [5.74, 6) is 3.43. The van der Waals surface area contributed by atoms with Gasteiger partial charge in [0.25, 0.3) is 0 Å². The molecule has 3 rings (SSSR count). The fraction of sp³-hybridized carbons (Fsp3) is 1.00. The Hall–Kier alpha value is 0. The van der Waals surface area contributed by atoms with Gasteiger partial charge < -0.3 is 0 Å². The van der Waals surface area contributed by atoms with Crippen LogP contribution in [0.4, 0.5) is 0 Å². The minimum absolute atomic E-state index is 0.709. The minimum Gasteiger partial charge on any atom is -0.0591 e. The summed E-state index contributed by atoms with van der Waals surface area (Å²) in [7, 11) is 0. The molecule has 3 aliphatic carbocycles. The highest BCUT2D eigenvalue weighted by molar-refractivity contribution is 5.31. The van der Waals surface area contributed by atoms with Gasteiger partial charge in [-0.2, -0.15) is 0 Å². The Morgan fingerprint density at radius 3 is 1.90 bits per heavy atom. The molecule has 3 fully saturated rings. The van der Waals surface area contributed by atoms with Gasteiger partial charge in [0.1, 0.15) is 0 Å². The Balaban J connectivity index is 2.07. The SMILES string of the molecule is CC1(C)[C@H]2CC[C@@H]3[C@H]2[C@@]31C. The van der Waals surface area contributed by atoms with Crippen LogP contribution < -0.4 is 0 Å². The molecule has 0 heterocycles. The standard InChI is InChI=1S/C10H16/c1-9(2)6-4-5-7-8(6)10(7,9)3/h6-8H,4-5H2,1-3H3/t6-,7+,8-,10+/m0/s1. The molecule has 0 spiro atoms. The first kappa shape index (κ1) is 5.62. The van der Waals surface area contributed by atoms with Crippen LogP contribution in [0.15, 0.2) is 0 Å². The molecule has 0 amide bonds. The molecule has 0 aromatic heterocycles. The van der Waals surface area contributed by atoms with Crippen molar-refractivity contribution in [2.45, 2.75) is 33.6 Å². The molecule has 3 saturated carbocycles. The molecule has 0 aromatic carbocycles. The van der Waals surface area contributed by atoms with E-state index < -0.39 is 0 Å². The highest BCUT2D eigenvalue weighted by Crippen LogP contribution is 2.88. The van der Waals surface area contributed by atoms with E-state index in [1.807, 2.05) is 0 Å². The summed E-state index contributed by atoms with van der Waals surface area (Å²) in [5.41, 5.74) is 1.51. The number of fused-ring (bicyclic) bond motifs is 1. The van der Waals surface area contributed by atoms with E-state index in [4.69, 9.17) is 0 Å². The number of rotatable bonds is 0. The first-order valence-corrected chi connectivity index (χ1v) is 4.60. The third-order valence-electron chi connectivity index (χ3n) is 5.32. The molecule has 0 aliphatic heterocycles. The molecule has 0 radical (unpaired) electrons. The van der Waals surface area contributed by atoms with Gasteiger partial charge in [0.15, 0.2) is 0 Å². The zero-order chi connectivity index (χ0) is 7.15. The molecule has 0 unspecified atom stereocenters. The van der Waals surface area contributed by atoms with Crippen molar-refractivity contribution in [3.05, 3.63) is 0 Å².